The lowest BCUT2D eigenvalue weighted by Crippen LogP contribution is -2.44. The zero-order valence-corrected chi connectivity index (χ0v) is 18.0. The van der Waals surface area contributed by atoms with E-state index in [-0.39, 0.29) is 11.9 Å². The number of aromatic amines is 1. The molecule has 1 amide bonds. The molecule has 0 saturated carbocycles. The summed E-state index contributed by atoms with van der Waals surface area (Å²) in [4.78, 5) is 23.0. The topological polar surface area (TPSA) is 70.2 Å². The lowest BCUT2D eigenvalue weighted by Gasteiger charge is -2.34. The molecular weight excluding hydrogens is 376 g/mol. The number of hydrogen-bond acceptors (Lipinski definition) is 4. The van der Waals surface area contributed by atoms with Crippen LogP contribution in [0.15, 0.2) is 36.7 Å². The maximum absolute atomic E-state index is 12.9. The molecule has 158 valence electrons. The maximum Gasteiger partial charge on any atom is 0.224 e. The standard InChI is InChI=1S/C24H30N4O2/c1-16-11-17(2)24-21(12-16)20(18(3)27-24)13-23(29)26-15-22(19-5-4-6-25-14-19)28-7-9-30-10-8-28/h4-6,11-12,14,22,27H,7-10,13,15H2,1-3H3,(H,26,29)/t22-/m1/s1. The van der Waals surface area contributed by atoms with E-state index in [1.807, 2.05) is 19.2 Å². The minimum Gasteiger partial charge on any atom is -0.379 e. The number of carbonyl (C=O) groups excluding carboxylic acids is 1. The van der Waals surface area contributed by atoms with Crippen molar-refractivity contribution >= 4 is 16.8 Å². The van der Waals surface area contributed by atoms with Crippen molar-refractivity contribution in [3.05, 3.63) is 64.6 Å². The van der Waals surface area contributed by atoms with Gasteiger partial charge in [-0.05, 0) is 49.6 Å². The number of aromatic nitrogens is 2. The molecule has 3 heterocycles. The van der Waals surface area contributed by atoms with Crippen molar-refractivity contribution in [2.24, 2.45) is 0 Å². The second-order valence-electron chi connectivity index (χ2n) is 8.16. The van der Waals surface area contributed by atoms with Crippen LogP contribution in [-0.2, 0) is 16.0 Å². The molecule has 1 aliphatic rings. The third kappa shape index (κ3) is 4.40. The Kier molecular flexibility index (Phi) is 6.16. The Morgan fingerprint density at radius 3 is 2.80 bits per heavy atom. The van der Waals surface area contributed by atoms with Gasteiger partial charge in [-0.15, -0.1) is 0 Å². The van der Waals surface area contributed by atoms with Crippen LogP contribution < -0.4 is 5.32 Å². The molecule has 4 rings (SSSR count). The van der Waals surface area contributed by atoms with Crippen molar-refractivity contribution in [1.82, 2.24) is 20.2 Å². The Bertz CT molecular complexity index is 1020. The third-order valence-electron chi connectivity index (χ3n) is 5.96. The average molecular weight is 407 g/mol. The molecule has 1 saturated heterocycles. The highest BCUT2D eigenvalue weighted by atomic mass is 16.5. The van der Waals surface area contributed by atoms with E-state index in [1.54, 1.807) is 6.20 Å². The maximum atomic E-state index is 12.9. The summed E-state index contributed by atoms with van der Waals surface area (Å²) in [6.45, 7) is 9.96. The Balaban J connectivity index is 1.49. The first-order valence-corrected chi connectivity index (χ1v) is 10.6. The van der Waals surface area contributed by atoms with Crippen molar-refractivity contribution in [2.75, 3.05) is 32.8 Å². The highest BCUT2D eigenvalue weighted by Crippen LogP contribution is 2.27. The molecule has 1 aliphatic heterocycles. The second kappa shape index (κ2) is 8.98. The van der Waals surface area contributed by atoms with Gasteiger partial charge in [0, 0.05) is 48.6 Å². The zero-order valence-electron chi connectivity index (χ0n) is 18.0. The van der Waals surface area contributed by atoms with Crippen molar-refractivity contribution in [3.63, 3.8) is 0 Å². The second-order valence-corrected chi connectivity index (χ2v) is 8.16. The molecule has 0 aliphatic carbocycles. The van der Waals surface area contributed by atoms with E-state index >= 15 is 0 Å². The molecule has 0 bridgehead atoms. The third-order valence-corrected chi connectivity index (χ3v) is 5.96. The van der Waals surface area contributed by atoms with Gasteiger partial charge in [0.25, 0.3) is 0 Å². The van der Waals surface area contributed by atoms with Gasteiger partial charge >= 0.3 is 0 Å². The lowest BCUT2D eigenvalue weighted by molar-refractivity contribution is -0.120. The van der Waals surface area contributed by atoms with Gasteiger partial charge in [0.1, 0.15) is 0 Å². The number of nitrogens with zero attached hydrogens (tertiary/aromatic N) is 2. The minimum atomic E-state index is 0.0420. The highest BCUT2D eigenvalue weighted by molar-refractivity contribution is 5.92. The molecule has 1 aromatic carbocycles. The number of nitrogens with one attached hydrogen (secondary N) is 2. The van der Waals surface area contributed by atoms with Crippen LogP contribution in [0.5, 0.6) is 0 Å². The van der Waals surface area contributed by atoms with Crippen LogP contribution >= 0.6 is 0 Å². The number of pyridine rings is 1. The summed E-state index contributed by atoms with van der Waals surface area (Å²) >= 11 is 0. The first kappa shape index (κ1) is 20.6. The first-order chi connectivity index (χ1) is 14.5. The number of fused-ring (bicyclic) bond motifs is 1. The van der Waals surface area contributed by atoms with Gasteiger partial charge in [0.05, 0.1) is 25.7 Å². The number of aryl methyl sites for hydroxylation is 3. The summed E-state index contributed by atoms with van der Waals surface area (Å²) < 4.78 is 5.51. The van der Waals surface area contributed by atoms with Crippen LogP contribution in [0.25, 0.3) is 10.9 Å². The molecule has 1 fully saturated rings. The van der Waals surface area contributed by atoms with Gasteiger partial charge in [-0.25, -0.2) is 0 Å². The van der Waals surface area contributed by atoms with Gasteiger partial charge in [0.15, 0.2) is 0 Å². The molecular formula is C24H30N4O2. The van der Waals surface area contributed by atoms with Gasteiger partial charge < -0.3 is 15.0 Å². The molecule has 1 atom stereocenters. The van der Waals surface area contributed by atoms with Crippen LogP contribution in [0.1, 0.15) is 34.0 Å². The van der Waals surface area contributed by atoms with E-state index in [0.29, 0.717) is 13.0 Å². The number of amides is 1. The van der Waals surface area contributed by atoms with Crippen LogP contribution in [0.4, 0.5) is 0 Å². The quantitative estimate of drug-likeness (QED) is 0.659. The minimum absolute atomic E-state index is 0.0420. The predicted octanol–water partition coefficient (Wildman–Crippen LogP) is 3.22. The van der Waals surface area contributed by atoms with E-state index in [2.05, 4.69) is 52.2 Å². The monoisotopic (exact) mass is 406 g/mol. The number of hydrogen-bond donors (Lipinski definition) is 2. The smallest absolute Gasteiger partial charge is 0.224 e. The SMILES string of the molecule is Cc1cc(C)c2[nH]c(C)c(CC(=O)NC[C@H](c3cccnc3)N3CCOCC3)c2c1. The average Bonchev–Trinajstić information content (AvgIpc) is 3.05. The van der Waals surface area contributed by atoms with Crippen LogP contribution in [0.3, 0.4) is 0 Å². The Labute approximate surface area is 177 Å². The van der Waals surface area contributed by atoms with E-state index < -0.39 is 0 Å². The van der Waals surface area contributed by atoms with E-state index in [9.17, 15) is 4.79 Å². The molecule has 6 heteroatoms. The van der Waals surface area contributed by atoms with Crippen LogP contribution in [0, 0.1) is 20.8 Å². The summed E-state index contributed by atoms with van der Waals surface area (Å²) in [6, 6.07) is 8.46. The summed E-state index contributed by atoms with van der Waals surface area (Å²) in [7, 11) is 0. The zero-order chi connectivity index (χ0) is 21.1. The Morgan fingerprint density at radius 1 is 1.27 bits per heavy atom. The number of benzene rings is 1. The summed E-state index contributed by atoms with van der Waals surface area (Å²) in [5, 5.41) is 4.33. The van der Waals surface area contributed by atoms with Gasteiger partial charge in [-0.3, -0.25) is 14.7 Å². The largest absolute Gasteiger partial charge is 0.379 e. The van der Waals surface area contributed by atoms with Crippen LogP contribution in [0.2, 0.25) is 0 Å². The molecule has 2 aromatic heterocycles. The number of rotatable bonds is 6. The fourth-order valence-corrected chi connectivity index (χ4v) is 4.42. The molecule has 6 nitrogen and oxygen atoms in total. The number of carbonyl (C=O) groups is 1. The van der Waals surface area contributed by atoms with Crippen molar-refractivity contribution in [3.8, 4) is 0 Å². The van der Waals surface area contributed by atoms with E-state index in [1.165, 1.54) is 11.1 Å². The summed E-state index contributed by atoms with van der Waals surface area (Å²) in [6.07, 6.45) is 4.04. The van der Waals surface area contributed by atoms with Gasteiger partial charge in [-0.2, -0.15) is 0 Å². The normalized spacial score (nSPS) is 16.0. The number of ether oxygens (including phenoxy) is 1. The van der Waals surface area contributed by atoms with Gasteiger partial charge in [-0.1, -0.05) is 17.7 Å². The fourth-order valence-electron chi connectivity index (χ4n) is 4.42. The molecule has 3 aromatic rings. The summed E-state index contributed by atoms with van der Waals surface area (Å²) in [5.41, 5.74) is 6.81. The fraction of sp³-hybridized carbons (Fsp3) is 0.417. The van der Waals surface area contributed by atoms with Crippen molar-refractivity contribution in [2.45, 2.75) is 33.2 Å². The van der Waals surface area contributed by atoms with Crippen molar-refractivity contribution < 1.29 is 9.53 Å². The Hall–Kier alpha value is -2.70. The lowest BCUT2D eigenvalue weighted by atomic mass is 10.0. The molecule has 2 N–H and O–H groups in total. The highest BCUT2D eigenvalue weighted by Gasteiger charge is 2.24. The molecule has 0 spiro atoms. The Morgan fingerprint density at radius 2 is 2.07 bits per heavy atom. The predicted molar refractivity (Wildman–Crippen MR) is 119 cm³/mol. The van der Waals surface area contributed by atoms with Crippen molar-refractivity contribution in [1.29, 1.82) is 0 Å². The van der Waals surface area contributed by atoms with E-state index in [4.69, 9.17) is 4.74 Å². The van der Waals surface area contributed by atoms with E-state index in [0.717, 1.165) is 54.0 Å². The molecule has 0 radical (unpaired) electrons. The van der Waals surface area contributed by atoms with Gasteiger partial charge in [0.2, 0.25) is 5.91 Å². The molecule has 30 heavy (non-hydrogen) atoms. The molecule has 0 unspecified atom stereocenters. The number of H-pyrrole nitrogens is 1. The summed E-state index contributed by atoms with van der Waals surface area (Å²) in [5.74, 6) is 0.0420. The van der Waals surface area contributed by atoms with Crippen LogP contribution in [-0.4, -0.2) is 53.6 Å². The first-order valence-electron chi connectivity index (χ1n) is 10.6. The number of morpholine rings is 1.